The van der Waals surface area contributed by atoms with Crippen LogP contribution in [-0.4, -0.2) is 32.7 Å². The Balaban J connectivity index is 2.07. The predicted octanol–water partition coefficient (Wildman–Crippen LogP) is 0.325. The number of ether oxygens (including phenoxy) is 1. The minimum atomic E-state index is -3.55. The van der Waals surface area contributed by atoms with E-state index in [4.69, 9.17) is 4.74 Å². The number of benzene rings is 1. The molecule has 0 saturated heterocycles. The lowest BCUT2D eigenvalue weighted by Crippen LogP contribution is -2.47. The summed E-state index contributed by atoms with van der Waals surface area (Å²) < 4.78 is 30.0. The second kappa shape index (κ2) is 4.85. The number of rotatable bonds is 3. The zero-order valence-corrected chi connectivity index (χ0v) is 10.7. The van der Waals surface area contributed by atoms with Crippen molar-refractivity contribution in [2.75, 3.05) is 17.6 Å². The number of sulfonamides is 1. The molecule has 1 amide bonds. The molecule has 0 spiro atoms. The highest BCUT2D eigenvalue weighted by Crippen LogP contribution is 2.28. The third kappa shape index (κ3) is 2.73. The number of carbonyl (C=O) groups excluding carboxylic acids is 1. The molecule has 0 saturated carbocycles. The maximum atomic E-state index is 11.7. The number of hydrogen-bond donors (Lipinski definition) is 2. The molecule has 1 atom stereocenters. The fraction of sp³-hybridized carbons (Fsp3) is 0.364. The van der Waals surface area contributed by atoms with Gasteiger partial charge in [-0.3, -0.25) is 4.79 Å². The monoisotopic (exact) mass is 270 g/mol. The van der Waals surface area contributed by atoms with E-state index >= 15 is 0 Å². The Morgan fingerprint density at radius 1 is 1.50 bits per heavy atom. The molecule has 0 bridgehead atoms. The minimum absolute atomic E-state index is 0.143. The summed E-state index contributed by atoms with van der Waals surface area (Å²) in [6.07, 6.45) is -0.846. The first-order chi connectivity index (χ1) is 8.52. The molecule has 1 aromatic carbocycles. The molecule has 1 unspecified atom stereocenters. The summed E-state index contributed by atoms with van der Waals surface area (Å²) in [5, 5.41) is 3.02. The van der Waals surface area contributed by atoms with E-state index in [-0.39, 0.29) is 12.3 Å². The Morgan fingerprint density at radius 3 is 2.94 bits per heavy atom. The van der Waals surface area contributed by atoms with Crippen LogP contribution in [0.5, 0.6) is 5.75 Å². The summed E-state index contributed by atoms with van der Waals surface area (Å²) in [6.45, 7) is 1.70. The highest BCUT2D eigenvalue weighted by atomic mass is 32.2. The zero-order chi connectivity index (χ0) is 13.2. The van der Waals surface area contributed by atoms with Crippen LogP contribution < -0.4 is 14.8 Å². The van der Waals surface area contributed by atoms with Crippen LogP contribution >= 0.6 is 0 Å². The van der Waals surface area contributed by atoms with Crippen LogP contribution in [0.3, 0.4) is 0 Å². The van der Waals surface area contributed by atoms with Crippen LogP contribution in [0.15, 0.2) is 24.3 Å². The van der Waals surface area contributed by atoms with Crippen LogP contribution in [0, 0.1) is 0 Å². The first kappa shape index (κ1) is 12.7. The SMILES string of the molecule is CCS(=O)(=O)NC(=O)C1CNc2ccccc2O1. The van der Waals surface area contributed by atoms with Gasteiger partial charge >= 0.3 is 0 Å². The number of carbonyl (C=O) groups is 1. The van der Waals surface area contributed by atoms with Crippen molar-refractivity contribution in [1.29, 1.82) is 0 Å². The van der Waals surface area contributed by atoms with Gasteiger partial charge in [0.1, 0.15) is 5.75 Å². The summed E-state index contributed by atoms with van der Waals surface area (Å²) in [4.78, 5) is 11.7. The van der Waals surface area contributed by atoms with Gasteiger partial charge in [-0.1, -0.05) is 12.1 Å². The number of hydrogen-bond acceptors (Lipinski definition) is 5. The van der Waals surface area contributed by atoms with Crippen molar-refractivity contribution in [3.8, 4) is 5.75 Å². The molecule has 6 nitrogen and oxygen atoms in total. The van der Waals surface area contributed by atoms with E-state index in [9.17, 15) is 13.2 Å². The largest absolute Gasteiger partial charge is 0.477 e. The van der Waals surface area contributed by atoms with Crippen LogP contribution in [0.25, 0.3) is 0 Å². The Hall–Kier alpha value is -1.76. The minimum Gasteiger partial charge on any atom is -0.477 e. The standard InChI is InChI=1S/C11H14N2O4S/c1-2-18(15,16)13-11(14)10-7-12-8-5-3-4-6-9(8)17-10/h3-6,10,12H,2,7H2,1H3,(H,13,14). The third-order valence-electron chi connectivity index (χ3n) is 2.56. The second-order valence-corrected chi connectivity index (χ2v) is 5.86. The van der Waals surface area contributed by atoms with Gasteiger partial charge in [-0.25, -0.2) is 13.1 Å². The maximum absolute atomic E-state index is 11.7. The van der Waals surface area contributed by atoms with Crippen molar-refractivity contribution >= 4 is 21.6 Å². The van der Waals surface area contributed by atoms with Gasteiger partial charge in [0, 0.05) is 0 Å². The van der Waals surface area contributed by atoms with Gasteiger partial charge in [-0.05, 0) is 19.1 Å². The predicted molar refractivity (Wildman–Crippen MR) is 67.0 cm³/mol. The van der Waals surface area contributed by atoms with Gasteiger partial charge in [0.05, 0.1) is 18.0 Å². The lowest BCUT2D eigenvalue weighted by Gasteiger charge is -2.26. The fourth-order valence-corrected chi connectivity index (χ4v) is 2.13. The molecular formula is C11H14N2O4S. The Labute approximate surface area is 105 Å². The molecule has 0 aliphatic carbocycles. The van der Waals surface area contributed by atoms with E-state index < -0.39 is 22.0 Å². The third-order valence-corrected chi connectivity index (χ3v) is 3.84. The van der Waals surface area contributed by atoms with E-state index in [0.29, 0.717) is 5.75 Å². The molecule has 1 heterocycles. The average molecular weight is 270 g/mol. The van der Waals surface area contributed by atoms with Crippen LogP contribution in [0.1, 0.15) is 6.92 Å². The summed E-state index contributed by atoms with van der Waals surface area (Å²) in [6, 6.07) is 7.17. The van der Waals surface area contributed by atoms with Gasteiger partial charge in [0.15, 0.2) is 6.10 Å². The number of nitrogens with one attached hydrogen (secondary N) is 2. The summed E-state index contributed by atoms with van der Waals surface area (Å²) in [5.74, 6) is -0.258. The summed E-state index contributed by atoms with van der Waals surface area (Å²) >= 11 is 0. The molecule has 1 aliphatic heterocycles. The lowest BCUT2D eigenvalue weighted by atomic mass is 10.2. The maximum Gasteiger partial charge on any atom is 0.276 e. The Kier molecular flexibility index (Phi) is 3.42. The van der Waals surface area contributed by atoms with Gasteiger partial charge in [0.2, 0.25) is 10.0 Å². The zero-order valence-electron chi connectivity index (χ0n) is 9.84. The van der Waals surface area contributed by atoms with E-state index in [1.165, 1.54) is 6.92 Å². The van der Waals surface area contributed by atoms with E-state index in [2.05, 4.69) is 5.32 Å². The Bertz CT molecular complexity index is 556. The average Bonchev–Trinajstić information content (AvgIpc) is 2.37. The molecule has 98 valence electrons. The molecule has 0 radical (unpaired) electrons. The normalized spacial score (nSPS) is 18.2. The molecule has 0 fully saturated rings. The summed E-state index contributed by atoms with van der Waals surface area (Å²) in [7, 11) is -3.55. The van der Waals surface area contributed by atoms with Crippen molar-refractivity contribution < 1.29 is 17.9 Å². The first-order valence-corrected chi connectivity index (χ1v) is 7.21. The van der Waals surface area contributed by atoms with Crippen LogP contribution in [-0.2, 0) is 14.8 Å². The van der Waals surface area contributed by atoms with Crippen LogP contribution in [0.2, 0.25) is 0 Å². The lowest BCUT2D eigenvalue weighted by molar-refractivity contribution is -0.125. The second-order valence-electron chi connectivity index (χ2n) is 3.85. The van der Waals surface area contributed by atoms with Crippen molar-refractivity contribution in [3.63, 3.8) is 0 Å². The quantitative estimate of drug-likeness (QED) is 0.826. The topological polar surface area (TPSA) is 84.5 Å². The molecule has 2 N–H and O–H groups in total. The molecular weight excluding hydrogens is 256 g/mol. The molecule has 1 aliphatic rings. The van der Waals surface area contributed by atoms with E-state index in [1.54, 1.807) is 12.1 Å². The molecule has 1 aromatic rings. The highest BCUT2D eigenvalue weighted by molar-refractivity contribution is 7.90. The van der Waals surface area contributed by atoms with Crippen molar-refractivity contribution in [2.24, 2.45) is 0 Å². The molecule has 0 aromatic heterocycles. The van der Waals surface area contributed by atoms with Gasteiger partial charge < -0.3 is 10.1 Å². The van der Waals surface area contributed by atoms with Crippen molar-refractivity contribution in [2.45, 2.75) is 13.0 Å². The number of amides is 1. The molecule has 2 rings (SSSR count). The molecule has 7 heteroatoms. The molecule has 18 heavy (non-hydrogen) atoms. The highest BCUT2D eigenvalue weighted by Gasteiger charge is 2.27. The number of fused-ring (bicyclic) bond motifs is 1. The smallest absolute Gasteiger partial charge is 0.276 e. The van der Waals surface area contributed by atoms with Gasteiger partial charge in [-0.15, -0.1) is 0 Å². The van der Waals surface area contributed by atoms with Gasteiger partial charge in [0.25, 0.3) is 5.91 Å². The number of anilines is 1. The number of para-hydroxylation sites is 2. The van der Waals surface area contributed by atoms with Crippen LogP contribution in [0.4, 0.5) is 5.69 Å². The van der Waals surface area contributed by atoms with E-state index in [1.807, 2.05) is 16.9 Å². The Morgan fingerprint density at radius 2 is 2.22 bits per heavy atom. The van der Waals surface area contributed by atoms with Crippen molar-refractivity contribution in [1.82, 2.24) is 4.72 Å². The first-order valence-electron chi connectivity index (χ1n) is 5.56. The van der Waals surface area contributed by atoms with Crippen molar-refractivity contribution in [3.05, 3.63) is 24.3 Å². The van der Waals surface area contributed by atoms with Gasteiger partial charge in [-0.2, -0.15) is 0 Å². The van der Waals surface area contributed by atoms with E-state index in [0.717, 1.165) is 5.69 Å². The fourth-order valence-electron chi connectivity index (χ4n) is 1.55. The summed E-state index contributed by atoms with van der Waals surface area (Å²) in [5.41, 5.74) is 0.792.